The highest BCUT2D eigenvalue weighted by Gasteiger charge is 2.21. The molecule has 7 nitrogen and oxygen atoms in total. The topological polar surface area (TPSA) is 90.4 Å². The van der Waals surface area contributed by atoms with E-state index >= 15 is 0 Å². The van der Waals surface area contributed by atoms with E-state index in [9.17, 15) is 14.7 Å². The predicted octanol–water partition coefficient (Wildman–Crippen LogP) is 3.82. The highest BCUT2D eigenvalue weighted by atomic mass is 16.5. The standard InChI is InChI=1S/C26H29NO6/c1-2-15-31-26(30)18-7-9-19(10-8-18)33-23-17-32-25-20(24(23)29)11-12-22(28)21(25)16-27-13-5-3-4-6-14-27/h7-12,17,28H,2-6,13-16H2,1H3/p+1. The Morgan fingerprint density at radius 1 is 1.06 bits per heavy atom. The Bertz CT molecular complexity index is 1160. The van der Waals surface area contributed by atoms with Crippen molar-refractivity contribution in [1.29, 1.82) is 0 Å². The molecular formula is C26H30NO6+. The minimum Gasteiger partial charge on any atom is -0.507 e. The SMILES string of the molecule is CCCOC(=O)c1ccc(Oc2coc3c(C[NH+]4CCCCCC4)c(O)ccc3c2=O)cc1. The summed E-state index contributed by atoms with van der Waals surface area (Å²) in [7, 11) is 0. The van der Waals surface area contributed by atoms with Crippen molar-refractivity contribution in [2.24, 2.45) is 0 Å². The van der Waals surface area contributed by atoms with Gasteiger partial charge < -0.3 is 23.9 Å². The van der Waals surface area contributed by atoms with Crippen LogP contribution in [-0.2, 0) is 11.3 Å². The fourth-order valence-corrected chi connectivity index (χ4v) is 4.19. The van der Waals surface area contributed by atoms with Crippen LogP contribution in [0.1, 0.15) is 54.9 Å². The summed E-state index contributed by atoms with van der Waals surface area (Å²) in [6.07, 6.45) is 6.84. The van der Waals surface area contributed by atoms with E-state index in [0.29, 0.717) is 41.0 Å². The molecular weight excluding hydrogens is 422 g/mol. The largest absolute Gasteiger partial charge is 0.507 e. The summed E-state index contributed by atoms with van der Waals surface area (Å²) in [6.45, 7) is 5.00. The number of ether oxygens (including phenoxy) is 2. The molecule has 0 aliphatic carbocycles. The first-order valence-electron chi connectivity index (χ1n) is 11.6. The number of phenolic OH excluding ortho intramolecular Hbond substituents is 1. The van der Waals surface area contributed by atoms with Gasteiger partial charge in [-0.15, -0.1) is 0 Å². The van der Waals surface area contributed by atoms with E-state index in [0.717, 1.165) is 32.4 Å². The van der Waals surface area contributed by atoms with Gasteiger partial charge in [-0.05, 0) is 68.5 Å². The molecule has 1 aliphatic rings. The van der Waals surface area contributed by atoms with Crippen molar-refractivity contribution in [3.63, 3.8) is 0 Å². The first-order valence-corrected chi connectivity index (χ1v) is 11.6. The molecule has 174 valence electrons. The van der Waals surface area contributed by atoms with E-state index in [-0.39, 0.29) is 16.9 Å². The number of phenols is 1. The summed E-state index contributed by atoms with van der Waals surface area (Å²) in [5, 5.41) is 10.9. The van der Waals surface area contributed by atoms with Crippen molar-refractivity contribution < 1.29 is 28.7 Å². The second-order valence-corrected chi connectivity index (χ2v) is 8.47. The summed E-state index contributed by atoms with van der Waals surface area (Å²) < 4.78 is 16.7. The average molecular weight is 453 g/mol. The molecule has 0 unspecified atom stereocenters. The number of hydrogen-bond acceptors (Lipinski definition) is 6. The molecule has 1 aliphatic heterocycles. The molecule has 0 radical (unpaired) electrons. The molecule has 0 atom stereocenters. The van der Waals surface area contributed by atoms with E-state index < -0.39 is 5.97 Å². The minimum atomic E-state index is -0.396. The molecule has 3 aromatic rings. The number of hydrogen-bond donors (Lipinski definition) is 2. The lowest BCUT2D eigenvalue weighted by Crippen LogP contribution is -3.10. The molecule has 0 saturated carbocycles. The lowest BCUT2D eigenvalue weighted by Gasteiger charge is -2.18. The maximum absolute atomic E-state index is 13.1. The quantitative estimate of drug-likeness (QED) is 0.530. The number of carbonyl (C=O) groups excluding carboxylic acids is 1. The van der Waals surface area contributed by atoms with Gasteiger partial charge in [-0.3, -0.25) is 4.79 Å². The molecule has 2 N–H and O–H groups in total. The third-order valence-electron chi connectivity index (χ3n) is 5.98. The highest BCUT2D eigenvalue weighted by molar-refractivity contribution is 5.89. The lowest BCUT2D eigenvalue weighted by molar-refractivity contribution is -0.913. The second-order valence-electron chi connectivity index (χ2n) is 8.47. The van der Waals surface area contributed by atoms with Crippen LogP contribution < -0.4 is 15.1 Å². The van der Waals surface area contributed by atoms with Gasteiger partial charge in [0.05, 0.1) is 36.2 Å². The van der Waals surface area contributed by atoms with E-state index in [2.05, 4.69) is 0 Å². The number of fused-ring (bicyclic) bond motifs is 1. The number of nitrogens with one attached hydrogen (secondary N) is 1. The first-order chi connectivity index (χ1) is 16.1. The van der Waals surface area contributed by atoms with E-state index in [1.54, 1.807) is 36.4 Å². The first kappa shape index (κ1) is 22.9. The fraction of sp³-hybridized carbons (Fsp3) is 0.385. The van der Waals surface area contributed by atoms with Crippen molar-refractivity contribution in [2.45, 2.75) is 45.6 Å². The van der Waals surface area contributed by atoms with Crippen LogP contribution in [0.5, 0.6) is 17.2 Å². The number of quaternary nitrogens is 1. The van der Waals surface area contributed by atoms with Crippen LogP contribution >= 0.6 is 0 Å². The van der Waals surface area contributed by atoms with Crippen LogP contribution in [0.2, 0.25) is 0 Å². The fourth-order valence-electron chi connectivity index (χ4n) is 4.19. The predicted molar refractivity (Wildman–Crippen MR) is 124 cm³/mol. The van der Waals surface area contributed by atoms with Gasteiger partial charge in [-0.1, -0.05) is 6.92 Å². The lowest BCUT2D eigenvalue weighted by atomic mass is 10.1. The van der Waals surface area contributed by atoms with Gasteiger partial charge in [0.15, 0.2) is 5.58 Å². The van der Waals surface area contributed by atoms with E-state index in [1.807, 2.05) is 6.92 Å². The zero-order chi connectivity index (χ0) is 23.2. The van der Waals surface area contributed by atoms with Crippen LogP contribution in [-0.4, -0.2) is 30.8 Å². The van der Waals surface area contributed by atoms with Crippen molar-refractivity contribution in [2.75, 3.05) is 19.7 Å². The monoisotopic (exact) mass is 452 g/mol. The number of benzene rings is 2. The molecule has 1 saturated heterocycles. The van der Waals surface area contributed by atoms with Gasteiger partial charge in [0.1, 0.15) is 24.3 Å². The summed E-state index contributed by atoms with van der Waals surface area (Å²) in [5.74, 6) is 0.193. The molecule has 2 aromatic carbocycles. The highest BCUT2D eigenvalue weighted by Crippen LogP contribution is 2.28. The number of rotatable bonds is 7. The molecule has 4 rings (SSSR count). The average Bonchev–Trinajstić information content (AvgIpc) is 3.10. The maximum Gasteiger partial charge on any atom is 0.338 e. The second kappa shape index (κ2) is 10.5. The number of likely N-dealkylation sites (tertiary alicyclic amines) is 1. The Morgan fingerprint density at radius 3 is 2.48 bits per heavy atom. The Hall–Kier alpha value is -3.32. The van der Waals surface area contributed by atoms with Gasteiger partial charge in [0.2, 0.25) is 11.2 Å². The zero-order valence-corrected chi connectivity index (χ0v) is 18.9. The van der Waals surface area contributed by atoms with Gasteiger partial charge >= 0.3 is 5.97 Å². The van der Waals surface area contributed by atoms with Crippen molar-refractivity contribution in [3.05, 3.63) is 64.0 Å². The molecule has 0 amide bonds. The Morgan fingerprint density at radius 2 is 1.79 bits per heavy atom. The molecule has 1 fully saturated rings. The van der Waals surface area contributed by atoms with Crippen molar-refractivity contribution >= 4 is 16.9 Å². The number of aromatic hydroxyl groups is 1. The van der Waals surface area contributed by atoms with Crippen LogP contribution in [0.4, 0.5) is 0 Å². The third-order valence-corrected chi connectivity index (χ3v) is 5.98. The molecule has 0 spiro atoms. The Labute approximate surface area is 192 Å². The van der Waals surface area contributed by atoms with E-state index in [1.165, 1.54) is 24.0 Å². The van der Waals surface area contributed by atoms with Crippen molar-refractivity contribution in [3.8, 4) is 17.2 Å². The summed E-state index contributed by atoms with van der Waals surface area (Å²) in [6, 6.07) is 9.52. The van der Waals surface area contributed by atoms with Gasteiger partial charge in [-0.25, -0.2) is 4.79 Å². The van der Waals surface area contributed by atoms with Gasteiger partial charge in [0, 0.05) is 0 Å². The van der Waals surface area contributed by atoms with Crippen LogP contribution in [0.3, 0.4) is 0 Å². The maximum atomic E-state index is 13.1. The normalized spacial score (nSPS) is 14.7. The van der Waals surface area contributed by atoms with E-state index in [4.69, 9.17) is 13.9 Å². The van der Waals surface area contributed by atoms with Crippen LogP contribution in [0, 0.1) is 0 Å². The molecule has 33 heavy (non-hydrogen) atoms. The smallest absolute Gasteiger partial charge is 0.338 e. The zero-order valence-electron chi connectivity index (χ0n) is 18.9. The number of carbonyl (C=O) groups is 1. The summed E-state index contributed by atoms with van der Waals surface area (Å²) in [5.41, 5.74) is 1.16. The molecule has 0 bridgehead atoms. The molecule has 2 heterocycles. The third kappa shape index (κ3) is 5.37. The molecule has 1 aromatic heterocycles. The summed E-state index contributed by atoms with van der Waals surface area (Å²) >= 11 is 0. The number of esters is 1. The molecule has 7 heteroatoms. The van der Waals surface area contributed by atoms with Crippen LogP contribution in [0.15, 0.2) is 51.9 Å². The van der Waals surface area contributed by atoms with Crippen molar-refractivity contribution in [1.82, 2.24) is 0 Å². The van der Waals surface area contributed by atoms with Crippen LogP contribution in [0.25, 0.3) is 11.0 Å². The van der Waals surface area contributed by atoms with Gasteiger partial charge in [-0.2, -0.15) is 0 Å². The minimum absolute atomic E-state index is 0.0440. The van der Waals surface area contributed by atoms with Gasteiger partial charge in [0.25, 0.3) is 0 Å². The Balaban J connectivity index is 1.56. The summed E-state index contributed by atoms with van der Waals surface area (Å²) in [4.78, 5) is 26.4. The Kier molecular flexibility index (Phi) is 7.29.